The summed E-state index contributed by atoms with van der Waals surface area (Å²) in [5.74, 6) is 0.991. The average molecular weight is 510 g/mol. The summed E-state index contributed by atoms with van der Waals surface area (Å²) in [6.07, 6.45) is 25.6. The van der Waals surface area contributed by atoms with Crippen LogP contribution in [0.1, 0.15) is 38.7 Å². The van der Waals surface area contributed by atoms with Crippen molar-refractivity contribution in [2.75, 3.05) is 6.61 Å². The molecule has 1 atom stereocenters. The Kier molecular flexibility index (Phi) is 8.95. The highest BCUT2D eigenvalue weighted by Gasteiger charge is 2.17. The summed E-state index contributed by atoms with van der Waals surface area (Å²) in [5, 5.41) is 0. The van der Waals surface area contributed by atoms with Gasteiger partial charge in [0.15, 0.2) is 0 Å². The molecule has 2 aromatic heterocycles. The van der Waals surface area contributed by atoms with Gasteiger partial charge in [0.05, 0.1) is 24.4 Å². The number of aromatic nitrogens is 1. The molecule has 0 radical (unpaired) electrons. The molecule has 38 heavy (non-hydrogen) atoms. The van der Waals surface area contributed by atoms with Crippen LogP contribution in [0.25, 0.3) is 16.8 Å². The summed E-state index contributed by atoms with van der Waals surface area (Å²) in [6.45, 7) is 4.18. The van der Waals surface area contributed by atoms with E-state index in [2.05, 4.69) is 23.2 Å². The molecule has 6 N–H and O–H groups in total. The Bertz CT molecular complexity index is 1390. The molecule has 1 unspecified atom stereocenters. The number of rotatable bonds is 9. The summed E-state index contributed by atoms with van der Waals surface area (Å²) in [5.41, 5.74) is 25.9. The van der Waals surface area contributed by atoms with E-state index in [9.17, 15) is 0 Å². The molecular weight excluding hydrogens is 474 g/mol. The third-order valence-corrected chi connectivity index (χ3v) is 6.28. The van der Waals surface area contributed by atoms with E-state index in [1.54, 1.807) is 18.7 Å². The van der Waals surface area contributed by atoms with Gasteiger partial charge in [-0.1, -0.05) is 54.2 Å². The molecule has 0 amide bonds. The van der Waals surface area contributed by atoms with E-state index in [4.69, 9.17) is 31.3 Å². The van der Waals surface area contributed by atoms with Gasteiger partial charge in [-0.3, -0.25) is 4.98 Å². The first-order valence-electron chi connectivity index (χ1n) is 12.7. The molecule has 2 aliphatic carbocycles. The van der Waals surface area contributed by atoms with Gasteiger partial charge in [-0.05, 0) is 50.5 Å². The number of hydrogen-bond donors (Lipinski definition) is 3. The van der Waals surface area contributed by atoms with Gasteiger partial charge in [0.25, 0.3) is 0 Å². The second-order valence-electron chi connectivity index (χ2n) is 9.23. The van der Waals surface area contributed by atoms with Crippen LogP contribution >= 0.6 is 0 Å². The second kappa shape index (κ2) is 12.7. The first kappa shape index (κ1) is 26.7. The molecule has 7 nitrogen and oxygen atoms in total. The Balaban J connectivity index is 1.64. The average Bonchev–Trinajstić information content (AvgIpc) is 3.23. The summed E-state index contributed by atoms with van der Waals surface area (Å²) >= 11 is 0. The van der Waals surface area contributed by atoms with Crippen LogP contribution in [-0.4, -0.2) is 23.5 Å². The zero-order valence-corrected chi connectivity index (χ0v) is 21.9. The molecule has 0 spiro atoms. The fourth-order valence-corrected chi connectivity index (χ4v) is 4.15. The lowest BCUT2D eigenvalue weighted by molar-refractivity contribution is 0.287. The van der Waals surface area contributed by atoms with Crippen LogP contribution in [0.3, 0.4) is 0 Å². The highest BCUT2D eigenvalue weighted by molar-refractivity contribution is 6.04. The van der Waals surface area contributed by atoms with Crippen molar-refractivity contribution < 1.29 is 9.15 Å². The van der Waals surface area contributed by atoms with Crippen LogP contribution in [-0.2, 0) is 0 Å². The highest BCUT2D eigenvalue weighted by atomic mass is 16.5. The number of furan rings is 1. The lowest BCUT2D eigenvalue weighted by Crippen LogP contribution is -2.28. The first-order valence-corrected chi connectivity index (χ1v) is 12.7. The number of nitrogens with two attached hydrogens (primary N) is 3. The lowest BCUT2D eigenvalue weighted by Gasteiger charge is -2.16. The molecule has 2 aliphatic rings. The van der Waals surface area contributed by atoms with Gasteiger partial charge in [-0.15, -0.1) is 0 Å². The minimum absolute atomic E-state index is 0.154. The predicted octanol–water partition coefficient (Wildman–Crippen LogP) is 5.72. The van der Waals surface area contributed by atoms with E-state index >= 15 is 0 Å². The monoisotopic (exact) mass is 509 g/mol. The quantitative estimate of drug-likeness (QED) is 0.293. The van der Waals surface area contributed by atoms with Gasteiger partial charge in [0, 0.05) is 40.6 Å². The molecule has 0 aliphatic heterocycles. The van der Waals surface area contributed by atoms with Crippen molar-refractivity contribution in [2.24, 2.45) is 22.2 Å². The number of amidine groups is 1. The zero-order chi connectivity index (χ0) is 26.9. The van der Waals surface area contributed by atoms with Crippen LogP contribution in [0.4, 0.5) is 0 Å². The third-order valence-electron chi connectivity index (χ3n) is 6.28. The minimum Gasteiger partial charge on any atom is -0.490 e. The number of allylic oxidation sites excluding steroid dienone is 10. The Morgan fingerprint density at radius 3 is 2.92 bits per heavy atom. The van der Waals surface area contributed by atoms with Crippen molar-refractivity contribution in [3.05, 3.63) is 114 Å². The number of pyridine rings is 1. The minimum atomic E-state index is -0.154. The number of nitrogens with zero attached hydrogens (tertiary/aromatic N) is 2. The Morgan fingerprint density at radius 2 is 2.13 bits per heavy atom. The normalized spacial score (nSPS) is 17.1. The van der Waals surface area contributed by atoms with Gasteiger partial charge in [0.2, 0.25) is 0 Å². The lowest BCUT2D eigenvalue weighted by atomic mass is 9.98. The van der Waals surface area contributed by atoms with Crippen molar-refractivity contribution in [2.45, 2.75) is 39.2 Å². The van der Waals surface area contributed by atoms with Crippen molar-refractivity contribution in [3.63, 3.8) is 0 Å². The first-order chi connectivity index (χ1) is 18.4. The molecule has 0 saturated heterocycles. The van der Waals surface area contributed by atoms with Gasteiger partial charge in [-0.2, -0.15) is 0 Å². The molecular formula is C31H35N5O2. The largest absolute Gasteiger partial charge is 0.490 e. The molecule has 0 aromatic carbocycles. The SMILES string of the molecule is C/C=C(\C)N=C(N)C1=C(N)CC=CC(c2cc(OCC(N)CC3=CCC=CC=C3)cnc2-c2ccoc2)=C1. The summed E-state index contributed by atoms with van der Waals surface area (Å²) in [7, 11) is 0. The maximum atomic E-state index is 6.40. The maximum absolute atomic E-state index is 6.40. The highest BCUT2D eigenvalue weighted by Crippen LogP contribution is 2.33. The maximum Gasteiger partial charge on any atom is 0.138 e. The molecule has 7 heteroatoms. The molecule has 2 heterocycles. The van der Waals surface area contributed by atoms with Crippen molar-refractivity contribution in [1.82, 2.24) is 4.98 Å². The van der Waals surface area contributed by atoms with Crippen molar-refractivity contribution in [3.8, 4) is 17.0 Å². The van der Waals surface area contributed by atoms with Crippen LogP contribution < -0.4 is 21.9 Å². The molecule has 2 aromatic rings. The van der Waals surface area contributed by atoms with Crippen LogP contribution in [0.2, 0.25) is 0 Å². The number of aliphatic imine (C=N–C) groups is 1. The number of hydrogen-bond acceptors (Lipinski definition) is 6. The second-order valence-corrected chi connectivity index (χ2v) is 9.23. The Labute approximate surface area is 224 Å². The van der Waals surface area contributed by atoms with Gasteiger partial charge in [0.1, 0.15) is 18.2 Å². The zero-order valence-electron chi connectivity index (χ0n) is 21.9. The van der Waals surface area contributed by atoms with Crippen LogP contribution in [0.5, 0.6) is 5.75 Å². The van der Waals surface area contributed by atoms with Crippen molar-refractivity contribution >= 4 is 11.4 Å². The van der Waals surface area contributed by atoms with E-state index in [0.29, 0.717) is 35.9 Å². The topological polar surface area (TPSA) is 126 Å². The fraction of sp³-hybridized carbons (Fsp3) is 0.226. The van der Waals surface area contributed by atoms with Gasteiger partial charge in [-0.25, -0.2) is 4.99 Å². The predicted molar refractivity (Wildman–Crippen MR) is 155 cm³/mol. The summed E-state index contributed by atoms with van der Waals surface area (Å²) in [4.78, 5) is 9.23. The smallest absolute Gasteiger partial charge is 0.138 e. The van der Waals surface area contributed by atoms with E-state index in [1.807, 2.05) is 62.4 Å². The summed E-state index contributed by atoms with van der Waals surface area (Å²) in [6, 6.07) is 3.69. The molecule has 0 bridgehead atoms. The van der Waals surface area contributed by atoms with E-state index in [1.165, 1.54) is 5.57 Å². The van der Waals surface area contributed by atoms with E-state index in [0.717, 1.165) is 40.9 Å². The van der Waals surface area contributed by atoms with Gasteiger partial charge >= 0.3 is 0 Å². The van der Waals surface area contributed by atoms with Crippen LogP contribution in [0.15, 0.2) is 117 Å². The number of ether oxygens (including phenoxy) is 1. The van der Waals surface area contributed by atoms with Gasteiger partial charge < -0.3 is 26.4 Å². The standard InChI is InChI=1S/C31H35N5O2/c1-3-21(2)36-31(34)28-16-23(11-8-12-29(28)33)27-17-26(18-35-30(27)24-13-14-37-19-24)38-20-25(32)15-22-9-6-4-5-7-10-22/h3-6,8-11,13-14,16-19,25H,7,12,15,20,32-33H2,1-2H3,(H2,34,36)/b21-3+. The van der Waals surface area contributed by atoms with E-state index in [-0.39, 0.29) is 6.04 Å². The van der Waals surface area contributed by atoms with Crippen LogP contribution in [0, 0.1) is 0 Å². The molecule has 196 valence electrons. The van der Waals surface area contributed by atoms with E-state index < -0.39 is 0 Å². The summed E-state index contributed by atoms with van der Waals surface area (Å²) < 4.78 is 11.5. The van der Waals surface area contributed by atoms with Crippen molar-refractivity contribution in [1.29, 1.82) is 0 Å². The molecule has 4 rings (SSSR count). The third kappa shape index (κ3) is 6.89. The Morgan fingerprint density at radius 1 is 1.26 bits per heavy atom. The Hall–Kier alpha value is -4.36. The molecule has 0 fully saturated rings. The molecule has 0 saturated carbocycles. The fourth-order valence-electron chi connectivity index (χ4n) is 4.15.